The predicted molar refractivity (Wildman–Crippen MR) is 132 cm³/mol. The smallest absolute Gasteiger partial charge is 0.343 e. The average Bonchev–Trinajstić information content (AvgIpc) is 2.83. The number of carbonyl (C=O) groups excluding carboxylic acids is 2. The van der Waals surface area contributed by atoms with Crippen LogP contribution in [0.2, 0.25) is 0 Å². The molecule has 5 nitrogen and oxygen atoms in total. The van der Waals surface area contributed by atoms with Gasteiger partial charge in [-0.1, -0.05) is 30.3 Å². The number of benzene rings is 2. The molecular weight excluding hydrogens is 430 g/mol. The summed E-state index contributed by atoms with van der Waals surface area (Å²) < 4.78 is 4.63. The zero-order chi connectivity index (χ0) is 23.1. The first-order valence-corrected chi connectivity index (χ1v) is 11.9. The van der Waals surface area contributed by atoms with Gasteiger partial charge in [0.1, 0.15) is 17.6 Å². The van der Waals surface area contributed by atoms with Gasteiger partial charge in [0.25, 0.3) is 0 Å². The van der Waals surface area contributed by atoms with Crippen LogP contribution in [0.3, 0.4) is 0 Å². The first-order chi connectivity index (χ1) is 15.0. The van der Waals surface area contributed by atoms with Gasteiger partial charge in [0, 0.05) is 28.1 Å². The van der Waals surface area contributed by atoms with E-state index in [4.69, 9.17) is 0 Å². The summed E-state index contributed by atoms with van der Waals surface area (Å²) in [5, 5.41) is 10.00. The summed E-state index contributed by atoms with van der Waals surface area (Å²) in [6, 6.07) is 15.4. The molecule has 164 valence electrons. The lowest BCUT2D eigenvalue weighted by Gasteiger charge is -2.02. The number of hydrogen-bond acceptors (Lipinski definition) is 7. The second-order valence-corrected chi connectivity index (χ2v) is 7.68. The van der Waals surface area contributed by atoms with Crippen molar-refractivity contribution >= 4 is 48.1 Å². The van der Waals surface area contributed by atoms with E-state index in [1.807, 2.05) is 68.0 Å². The van der Waals surface area contributed by atoms with Crippen molar-refractivity contribution in [1.82, 2.24) is 0 Å². The lowest BCUT2D eigenvalue weighted by molar-refractivity contribution is -0.135. The molecule has 0 aliphatic rings. The van der Waals surface area contributed by atoms with Gasteiger partial charge in [-0.05, 0) is 55.3 Å². The number of methoxy groups -OCH3 is 1. The van der Waals surface area contributed by atoms with Crippen LogP contribution >= 0.6 is 23.5 Å². The van der Waals surface area contributed by atoms with Gasteiger partial charge in [0.05, 0.1) is 7.11 Å². The van der Waals surface area contributed by atoms with Crippen LogP contribution in [-0.4, -0.2) is 49.7 Å². The summed E-state index contributed by atoms with van der Waals surface area (Å²) in [4.78, 5) is 28.1. The van der Waals surface area contributed by atoms with Crippen LogP contribution in [0.15, 0.2) is 80.7 Å². The number of rotatable bonds is 8. The second kappa shape index (κ2) is 15.1. The number of thioether (sulfide) groups is 2. The molecule has 2 aromatic rings. The Balaban J connectivity index is 0.000000399. The Morgan fingerprint density at radius 2 is 1.52 bits per heavy atom. The van der Waals surface area contributed by atoms with E-state index in [0.29, 0.717) is 6.54 Å². The SMILES string of the molecule is CCN=CC(C(=O)OC)=C(O)C=Cc1ccc(SC)cc1.CSc1ccc(C=O)cc1. The second-order valence-electron chi connectivity index (χ2n) is 5.92. The first-order valence-electron chi connectivity index (χ1n) is 9.41. The van der Waals surface area contributed by atoms with Crippen molar-refractivity contribution in [2.24, 2.45) is 4.99 Å². The third-order valence-electron chi connectivity index (χ3n) is 3.89. The first kappa shape index (κ1) is 26.3. The van der Waals surface area contributed by atoms with E-state index in [1.54, 1.807) is 29.6 Å². The fraction of sp³-hybridized carbons (Fsp3) is 0.208. The Hall–Kier alpha value is -2.77. The Labute approximate surface area is 192 Å². The Morgan fingerprint density at radius 1 is 1.00 bits per heavy atom. The lowest BCUT2D eigenvalue weighted by atomic mass is 10.1. The number of aliphatic hydroxyl groups is 1. The van der Waals surface area contributed by atoms with Crippen LogP contribution in [0, 0.1) is 0 Å². The number of esters is 1. The van der Waals surface area contributed by atoms with E-state index in [2.05, 4.69) is 9.73 Å². The molecule has 0 spiro atoms. The normalized spacial score (nSPS) is 11.6. The maximum absolute atomic E-state index is 11.6. The number of allylic oxidation sites excluding steroid dienone is 1. The van der Waals surface area contributed by atoms with Crippen molar-refractivity contribution in [2.45, 2.75) is 16.7 Å². The summed E-state index contributed by atoms with van der Waals surface area (Å²) in [6.07, 6.45) is 9.38. The van der Waals surface area contributed by atoms with E-state index in [-0.39, 0.29) is 11.3 Å². The molecule has 2 aromatic carbocycles. The number of carbonyl (C=O) groups is 2. The molecule has 0 atom stereocenters. The fourth-order valence-corrected chi connectivity index (χ4v) is 2.99. The van der Waals surface area contributed by atoms with Gasteiger partial charge in [-0.3, -0.25) is 9.79 Å². The van der Waals surface area contributed by atoms with Gasteiger partial charge in [-0.25, -0.2) is 4.79 Å². The van der Waals surface area contributed by atoms with Gasteiger partial charge in [-0.15, -0.1) is 23.5 Å². The summed E-state index contributed by atoms with van der Waals surface area (Å²) in [7, 11) is 1.26. The van der Waals surface area contributed by atoms with Crippen molar-refractivity contribution in [3.8, 4) is 0 Å². The third-order valence-corrected chi connectivity index (χ3v) is 5.37. The minimum atomic E-state index is -0.618. The minimum absolute atomic E-state index is 0.0383. The monoisotopic (exact) mass is 457 g/mol. The molecule has 0 fully saturated rings. The van der Waals surface area contributed by atoms with Crippen LogP contribution in [0.5, 0.6) is 0 Å². The molecule has 0 unspecified atom stereocenters. The molecule has 7 heteroatoms. The van der Waals surface area contributed by atoms with Gasteiger partial charge in [0.15, 0.2) is 0 Å². The van der Waals surface area contributed by atoms with Gasteiger partial charge in [0.2, 0.25) is 0 Å². The van der Waals surface area contributed by atoms with E-state index >= 15 is 0 Å². The Bertz CT molecular complexity index is 918. The predicted octanol–water partition coefficient (Wildman–Crippen LogP) is 5.72. The van der Waals surface area contributed by atoms with Gasteiger partial charge >= 0.3 is 5.97 Å². The maximum atomic E-state index is 11.6. The molecule has 2 rings (SSSR count). The summed E-state index contributed by atoms with van der Waals surface area (Å²) in [5.41, 5.74) is 1.70. The fourth-order valence-electron chi connectivity index (χ4n) is 2.18. The zero-order valence-electron chi connectivity index (χ0n) is 18.1. The molecule has 0 aliphatic carbocycles. The summed E-state index contributed by atoms with van der Waals surface area (Å²) in [6.45, 7) is 2.36. The molecule has 0 saturated heterocycles. The van der Waals surface area contributed by atoms with Crippen LogP contribution in [-0.2, 0) is 9.53 Å². The number of aldehydes is 1. The lowest BCUT2D eigenvalue weighted by Crippen LogP contribution is -2.08. The number of aliphatic imine (C=N–C) groups is 1. The number of nitrogens with zero attached hydrogens (tertiary/aromatic N) is 1. The Morgan fingerprint density at radius 3 is 1.94 bits per heavy atom. The van der Waals surface area contributed by atoms with Crippen molar-refractivity contribution < 1.29 is 19.4 Å². The van der Waals surface area contributed by atoms with Crippen LogP contribution < -0.4 is 0 Å². The Kier molecular flexibility index (Phi) is 12.8. The maximum Gasteiger partial charge on any atom is 0.343 e. The van der Waals surface area contributed by atoms with Crippen molar-refractivity contribution in [3.05, 3.63) is 77.1 Å². The van der Waals surface area contributed by atoms with E-state index < -0.39 is 5.97 Å². The standard InChI is InChI=1S/C16H19NO3S.C8H8OS/c1-4-17-11-14(16(19)20-2)15(18)10-7-12-5-8-13(21-3)9-6-12;1-10-8-4-2-7(6-9)3-5-8/h5-11,18H,4H2,1-3H3;2-6H,1H3. The molecular formula is C24H27NO4S2. The van der Waals surface area contributed by atoms with Crippen LogP contribution in [0.1, 0.15) is 22.8 Å². The average molecular weight is 458 g/mol. The highest BCUT2D eigenvalue weighted by atomic mass is 32.2. The molecule has 1 N–H and O–H groups in total. The number of aliphatic hydroxyl groups excluding tert-OH is 1. The largest absolute Gasteiger partial charge is 0.507 e. The van der Waals surface area contributed by atoms with Crippen LogP contribution in [0.25, 0.3) is 6.08 Å². The topological polar surface area (TPSA) is 76.0 Å². The number of ether oxygens (including phenoxy) is 1. The molecule has 0 amide bonds. The molecule has 0 heterocycles. The highest BCUT2D eigenvalue weighted by Gasteiger charge is 2.11. The van der Waals surface area contributed by atoms with Gasteiger partial charge < -0.3 is 9.84 Å². The van der Waals surface area contributed by atoms with E-state index in [1.165, 1.54) is 24.3 Å². The van der Waals surface area contributed by atoms with Crippen molar-refractivity contribution in [2.75, 3.05) is 26.2 Å². The molecule has 0 saturated carbocycles. The summed E-state index contributed by atoms with van der Waals surface area (Å²) >= 11 is 3.33. The quantitative estimate of drug-likeness (QED) is 0.104. The zero-order valence-corrected chi connectivity index (χ0v) is 19.7. The number of hydrogen-bond donors (Lipinski definition) is 1. The highest BCUT2D eigenvalue weighted by Crippen LogP contribution is 2.16. The van der Waals surface area contributed by atoms with Crippen LogP contribution in [0.4, 0.5) is 0 Å². The van der Waals surface area contributed by atoms with Crippen molar-refractivity contribution in [1.29, 1.82) is 0 Å². The summed E-state index contributed by atoms with van der Waals surface area (Å²) in [5.74, 6) is -0.792. The van der Waals surface area contributed by atoms with Gasteiger partial charge in [-0.2, -0.15) is 0 Å². The molecule has 0 bridgehead atoms. The third kappa shape index (κ3) is 9.72. The molecule has 0 aliphatic heterocycles. The highest BCUT2D eigenvalue weighted by molar-refractivity contribution is 7.98. The van der Waals surface area contributed by atoms with E-state index in [9.17, 15) is 14.7 Å². The van der Waals surface area contributed by atoms with Crippen molar-refractivity contribution in [3.63, 3.8) is 0 Å². The minimum Gasteiger partial charge on any atom is -0.507 e. The molecule has 0 aromatic heterocycles. The molecule has 0 radical (unpaired) electrons. The van der Waals surface area contributed by atoms with E-state index in [0.717, 1.165) is 22.3 Å². The molecule has 31 heavy (non-hydrogen) atoms.